The molecule has 128 valence electrons. The number of aliphatic hydroxyl groups is 1. The highest BCUT2D eigenvalue weighted by Gasteiger charge is 2.18. The molecule has 1 aromatic rings. The molecule has 0 aromatic heterocycles. The SMILES string of the molecule is CCCC(C)C(=O)NCc1ccc(N2CCC(CO)CC2)cc1. The predicted octanol–water partition coefficient (Wildman–Crippen LogP) is 2.95. The van der Waals surface area contributed by atoms with Crippen molar-refractivity contribution < 1.29 is 9.90 Å². The van der Waals surface area contributed by atoms with Gasteiger partial charge in [0.25, 0.3) is 0 Å². The second-order valence-electron chi connectivity index (χ2n) is 6.69. The average molecular weight is 318 g/mol. The summed E-state index contributed by atoms with van der Waals surface area (Å²) in [4.78, 5) is 14.3. The van der Waals surface area contributed by atoms with Crippen LogP contribution >= 0.6 is 0 Å². The molecule has 0 saturated carbocycles. The molecular weight excluding hydrogens is 288 g/mol. The minimum Gasteiger partial charge on any atom is -0.396 e. The number of benzene rings is 1. The summed E-state index contributed by atoms with van der Waals surface area (Å²) < 4.78 is 0. The van der Waals surface area contributed by atoms with E-state index < -0.39 is 0 Å². The number of rotatable bonds is 7. The molecular formula is C19H30N2O2. The largest absolute Gasteiger partial charge is 0.396 e. The maximum Gasteiger partial charge on any atom is 0.223 e. The van der Waals surface area contributed by atoms with Crippen molar-refractivity contribution in [1.29, 1.82) is 0 Å². The van der Waals surface area contributed by atoms with E-state index in [1.165, 1.54) is 5.69 Å². The highest BCUT2D eigenvalue weighted by atomic mass is 16.3. The Morgan fingerprint density at radius 1 is 1.30 bits per heavy atom. The Morgan fingerprint density at radius 3 is 2.52 bits per heavy atom. The zero-order chi connectivity index (χ0) is 16.7. The minimum atomic E-state index is 0.0899. The van der Waals surface area contributed by atoms with Crippen LogP contribution in [-0.2, 0) is 11.3 Å². The first-order chi connectivity index (χ1) is 11.1. The third kappa shape index (κ3) is 5.24. The Kier molecular flexibility index (Phi) is 6.90. The summed E-state index contributed by atoms with van der Waals surface area (Å²) in [5.74, 6) is 0.694. The summed E-state index contributed by atoms with van der Waals surface area (Å²) in [5, 5.41) is 12.2. The van der Waals surface area contributed by atoms with Crippen molar-refractivity contribution in [3.8, 4) is 0 Å². The van der Waals surface area contributed by atoms with E-state index in [9.17, 15) is 9.90 Å². The number of carbonyl (C=O) groups excluding carboxylic acids is 1. The second-order valence-corrected chi connectivity index (χ2v) is 6.69. The quantitative estimate of drug-likeness (QED) is 0.813. The molecule has 1 saturated heterocycles. The monoisotopic (exact) mass is 318 g/mol. The number of hydrogen-bond acceptors (Lipinski definition) is 3. The lowest BCUT2D eigenvalue weighted by Gasteiger charge is -2.33. The van der Waals surface area contributed by atoms with Gasteiger partial charge in [0.2, 0.25) is 5.91 Å². The first-order valence-corrected chi connectivity index (χ1v) is 8.86. The molecule has 23 heavy (non-hydrogen) atoms. The van der Waals surface area contributed by atoms with Crippen LogP contribution < -0.4 is 10.2 Å². The van der Waals surface area contributed by atoms with Gasteiger partial charge in [-0.15, -0.1) is 0 Å². The number of hydrogen-bond donors (Lipinski definition) is 2. The van der Waals surface area contributed by atoms with Crippen molar-refractivity contribution in [1.82, 2.24) is 5.32 Å². The van der Waals surface area contributed by atoms with Crippen molar-refractivity contribution in [2.75, 3.05) is 24.6 Å². The molecule has 1 unspecified atom stereocenters. The number of nitrogens with zero attached hydrogens (tertiary/aromatic N) is 1. The number of anilines is 1. The van der Waals surface area contributed by atoms with Crippen LogP contribution in [0.3, 0.4) is 0 Å². The van der Waals surface area contributed by atoms with E-state index in [2.05, 4.69) is 41.4 Å². The van der Waals surface area contributed by atoms with Gasteiger partial charge in [0, 0.05) is 37.8 Å². The molecule has 4 nitrogen and oxygen atoms in total. The fourth-order valence-corrected chi connectivity index (χ4v) is 3.13. The third-order valence-electron chi connectivity index (χ3n) is 4.81. The highest BCUT2D eigenvalue weighted by Crippen LogP contribution is 2.23. The fraction of sp³-hybridized carbons (Fsp3) is 0.632. The molecule has 0 radical (unpaired) electrons. The standard InChI is InChI=1S/C19H30N2O2/c1-3-4-15(2)19(23)20-13-16-5-7-18(8-6-16)21-11-9-17(14-22)10-12-21/h5-8,15,17,22H,3-4,9-14H2,1-2H3,(H,20,23). The van der Waals surface area contributed by atoms with Gasteiger partial charge in [-0.3, -0.25) is 4.79 Å². The zero-order valence-corrected chi connectivity index (χ0v) is 14.4. The van der Waals surface area contributed by atoms with E-state index in [-0.39, 0.29) is 11.8 Å². The highest BCUT2D eigenvalue weighted by molar-refractivity contribution is 5.78. The van der Waals surface area contributed by atoms with Gasteiger partial charge in [-0.25, -0.2) is 0 Å². The molecule has 1 atom stereocenters. The van der Waals surface area contributed by atoms with E-state index in [4.69, 9.17) is 0 Å². The zero-order valence-electron chi connectivity index (χ0n) is 14.4. The first-order valence-electron chi connectivity index (χ1n) is 8.86. The Hall–Kier alpha value is -1.55. The van der Waals surface area contributed by atoms with E-state index in [1.807, 2.05) is 6.92 Å². The normalized spacial score (nSPS) is 17.1. The van der Waals surface area contributed by atoms with Crippen molar-refractivity contribution >= 4 is 11.6 Å². The molecule has 1 aliphatic rings. The average Bonchev–Trinajstić information content (AvgIpc) is 2.60. The summed E-state index contributed by atoms with van der Waals surface area (Å²) in [5.41, 5.74) is 2.37. The van der Waals surface area contributed by atoms with Crippen LogP contribution in [0.2, 0.25) is 0 Å². The maximum absolute atomic E-state index is 11.9. The molecule has 1 aliphatic heterocycles. The second kappa shape index (κ2) is 8.92. The first kappa shape index (κ1) is 17.8. The minimum absolute atomic E-state index is 0.0899. The van der Waals surface area contributed by atoms with E-state index in [0.717, 1.165) is 44.3 Å². The number of aliphatic hydroxyl groups excluding tert-OH is 1. The van der Waals surface area contributed by atoms with Crippen LogP contribution in [0.1, 0.15) is 45.1 Å². The van der Waals surface area contributed by atoms with Gasteiger partial charge in [0.1, 0.15) is 0 Å². The van der Waals surface area contributed by atoms with Gasteiger partial charge in [0.15, 0.2) is 0 Å². The van der Waals surface area contributed by atoms with Crippen molar-refractivity contribution in [3.05, 3.63) is 29.8 Å². The Labute approximate surface area is 139 Å². The molecule has 1 aromatic carbocycles. The molecule has 2 rings (SSSR count). The van der Waals surface area contributed by atoms with Crippen LogP contribution in [0.25, 0.3) is 0 Å². The summed E-state index contributed by atoms with van der Waals surface area (Å²) in [7, 11) is 0. The Bertz CT molecular complexity index is 479. The third-order valence-corrected chi connectivity index (χ3v) is 4.81. The number of piperidine rings is 1. The molecule has 2 N–H and O–H groups in total. The van der Waals surface area contributed by atoms with Gasteiger partial charge in [0.05, 0.1) is 0 Å². The smallest absolute Gasteiger partial charge is 0.223 e. The molecule has 0 bridgehead atoms. The van der Waals surface area contributed by atoms with Gasteiger partial charge >= 0.3 is 0 Å². The van der Waals surface area contributed by atoms with Crippen molar-refractivity contribution in [2.24, 2.45) is 11.8 Å². The van der Waals surface area contributed by atoms with Crippen LogP contribution in [-0.4, -0.2) is 30.7 Å². The van der Waals surface area contributed by atoms with E-state index >= 15 is 0 Å². The summed E-state index contributed by atoms with van der Waals surface area (Å²) >= 11 is 0. The van der Waals surface area contributed by atoms with Crippen molar-refractivity contribution in [3.63, 3.8) is 0 Å². The summed E-state index contributed by atoms with van der Waals surface area (Å²) in [6, 6.07) is 8.46. The Morgan fingerprint density at radius 2 is 1.96 bits per heavy atom. The van der Waals surface area contributed by atoms with Gasteiger partial charge in [-0.05, 0) is 42.9 Å². The summed E-state index contributed by atoms with van der Waals surface area (Å²) in [6.07, 6.45) is 4.10. The van der Waals surface area contributed by atoms with Crippen LogP contribution in [0.4, 0.5) is 5.69 Å². The van der Waals surface area contributed by atoms with Crippen LogP contribution in [0.5, 0.6) is 0 Å². The molecule has 1 amide bonds. The van der Waals surface area contributed by atoms with Crippen LogP contribution in [0, 0.1) is 11.8 Å². The number of amides is 1. The van der Waals surface area contributed by atoms with E-state index in [1.54, 1.807) is 0 Å². The number of carbonyl (C=O) groups is 1. The van der Waals surface area contributed by atoms with Gasteiger partial charge in [-0.1, -0.05) is 32.4 Å². The lowest BCUT2D eigenvalue weighted by Crippen LogP contribution is -2.34. The number of nitrogens with one attached hydrogen (secondary N) is 1. The topological polar surface area (TPSA) is 52.6 Å². The van der Waals surface area contributed by atoms with Gasteiger partial charge in [-0.2, -0.15) is 0 Å². The lowest BCUT2D eigenvalue weighted by molar-refractivity contribution is -0.124. The summed E-state index contributed by atoms with van der Waals surface area (Å²) in [6.45, 7) is 7.01. The molecule has 0 spiro atoms. The molecule has 4 heteroatoms. The molecule has 0 aliphatic carbocycles. The lowest BCUT2D eigenvalue weighted by atomic mass is 9.97. The Balaban J connectivity index is 1.82. The maximum atomic E-state index is 11.9. The van der Waals surface area contributed by atoms with Crippen LogP contribution in [0.15, 0.2) is 24.3 Å². The fourth-order valence-electron chi connectivity index (χ4n) is 3.13. The van der Waals surface area contributed by atoms with Crippen molar-refractivity contribution in [2.45, 2.75) is 46.1 Å². The molecule has 1 heterocycles. The molecule has 1 fully saturated rings. The van der Waals surface area contributed by atoms with E-state index in [0.29, 0.717) is 19.1 Å². The van der Waals surface area contributed by atoms with Gasteiger partial charge < -0.3 is 15.3 Å². The predicted molar refractivity (Wildman–Crippen MR) is 94.4 cm³/mol.